The summed E-state index contributed by atoms with van der Waals surface area (Å²) in [6, 6.07) is 8.04. The van der Waals surface area contributed by atoms with Crippen LogP contribution < -0.4 is 5.73 Å². The summed E-state index contributed by atoms with van der Waals surface area (Å²) >= 11 is 1.49. The standard InChI is InChI=1S/C15H16N4OS/c16-15(20)12-9-21-14(19-12)8-4-3-7-13-17-10-5-1-2-6-11(10)18-13/h1-2,5-6,9H,3-4,7-8H2,(H2,16,20)(H,17,18). The van der Waals surface area contributed by atoms with Gasteiger partial charge in [-0.05, 0) is 31.4 Å². The molecular formula is C15H16N4OS. The Kier molecular flexibility index (Phi) is 3.96. The molecule has 0 unspecified atom stereocenters. The van der Waals surface area contributed by atoms with E-state index in [4.69, 9.17) is 5.73 Å². The van der Waals surface area contributed by atoms with Crippen LogP contribution in [-0.4, -0.2) is 20.9 Å². The second-order valence-electron chi connectivity index (χ2n) is 4.90. The molecule has 5 nitrogen and oxygen atoms in total. The lowest BCUT2D eigenvalue weighted by molar-refractivity contribution is 0.0996. The van der Waals surface area contributed by atoms with Gasteiger partial charge in [0.1, 0.15) is 11.5 Å². The van der Waals surface area contributed by atoms with E-state index in [9.17, 15) is 4.79 Å². The summed E-state index contributed by atoms with van der Waals surface area (Å²) in [7, 11) is 0. The van der Waals surface area contributed by atoms with Crippen molar-refractivity contribution in [2.45, 2.75) is 25.7 Å². The SMILES string of the molecule is NC(=O)c1csc(CCCCc2nc3ccccc3[nH]2)n1. The number of nitrogens with zero attached hydrogens (tertiary/aromatic N) is 2. The molecule has 2 heterocycles. The number of rotatable bonds is 6. The number of hydrogen-bond donors (Lipinski definition) is 2. The van der Waals surface area contributed by atoms with E-state index in [-0.39, 0.29) is 0 Å². The molecule has 0 fully saturated rings. The van der Waals surface area contributed by atoms with Crippen LogP contribution >= 0.6 is 11.3 Å². The van der Waals surface area contributed by atoms with E-state index in [1.165, 1.54) is 11.3 Å². The van der Waals surface area contributed by atoms with Crippen molar-refractivity contribution >= 4 is 28.3 Å². The van der Waals surface area contributed by atoms with Gasteiger partial charge in [-0.25, -0.2) is 9.97 Å². The van der Waals surface area contributed by atoms with Crippen LogP contribution in [0.5, 0.6) is 0 Å². The third kappa shape index (κ3) is 3.28. The number of amides is 1. The van der Waals surface area contributed by atoms with E-state index in [0.29, 0.717) is 5.69 Å². The number of imidazole rings is 1. The zero-order chi connectivity index (χ0) is 14.7. The summed E-state index contributed by atoms with van der Waals surface area (Å²) in [5, 5.41) is 2.69. The van der Waals surface area contributed by atoms with Crippen molar-refractivity contribution in [1.29, 1.82) is 0 Å². The molecule has 1 amide bonds. The molecule has 0 saturated heterocycles. The fourth-order valence-electron chi connectivity index (χ4n) is 2.23. The molecule has 3 rings (SSSR count). The molecule has 3 aromatic rings. The summed E-state index contributed by atoms with van der Waals surface area (Å²) in [6.07, 6.45) is 3.84. The number of H-pyrrole nitrogens is 1. The maximum atomic E-state index is 11.0. The van der Waals surface area contributed by atoms with E-state index < -0.39 is 5.91 Å². The molecule has 2 aromatic heterocycles. The van der Waals surface area contributed by atoms with Gasteiger partial charge in [0, 0.05) is 11.8 Å². The molecule has 108 valence electrons. The molecular weight excluding hydrogens is 284 g/mol. The van der Waals surface area contributed by atoms with Crippen molar-refractivity contribution in [3.05, 3.63) is 46.2 Å². The molecule has 1 aromatic carbocycles. The highest BCUT2D eigenvalue weighted by Gasteiger charge is 2.07. The number of para-hydroxylation sites is 2. The molecule has 0 aliphatic rings. The van der Waals surface area contributed by atoms with Gasteiger partial charge in [-0.2, -0.15) is 0 Å². The number of thiazole rings is 1. The highest BCUT2D eigenvalue weighted by molar-refractivity contribution is 7.09. The van der Waals surface area contributed by atoms with Crippen LogP contribution in [0.15, 0.2) is 29.6 Å². The Bertz CT molecular complexity index is 729. The van der Waals surface area contributed by atoms with Crippen LogP contribution in [0.2, 0.25) is 0 Å². The predicted octanol–water partition coefficient (Wildman–Crippen LogP) is 2.68. The predicted molar refractivity (Wildman–Crippen MR) is 83.4 cm³/mol. The van der Waals surface area contributed by atoms with Crippen LogP contribution in [0.4, 0.5) is 0 Å². The van der Waals surface area contributed by atoms with Gasteiger partial charge in [0.15, 0.2) is 0 Å². The van der Waals surface area contributed by atoms with Crippen molar-refractivity contribution < 1.29 is 4.79 Å². The van der Waals surface area contributed by atoms with Gasteiger partial charge in [0.05, 0.1) is 16.0 Å². The number of benzene rings is 1. The van der Waals surface area contributed by atoms with E-state index >= 15 is 0 Å². The number of primary amides is 1. The number of carbonyl (C=O) groups excluding carboxylic acids is 1. The topological polar surface area (TPSA) is 84.7 Å². The van der Waals surface area contributed by atoms with Crippen LogP contribution in [-0.2, 0) is 12.8 Å². The fourth-order valence-corrected chi connectivity index (χ4v) is 3.06. The number of nitrogens with one attached hydrogen (secondary N) is 1. The molecule has 0 radical (unpaired) electrons. The minimum Gasteiger partial charge on any atom is -0.364 e. The Morgan fingerprint density at radius 1 is 1.19 bits per heavy atom. The summed E-state index contributed by atoms with van der Waals surface area (Å²) in [5.74, 6) is 0.563. The second-order valence-corrected chi connectivity index (χ2v) is 5.84. The molecule has 0 aliphatic heterocycles. The number of aromatic nitrogens is 3. The number of nitrogens with two attached hydrogens (primary N) is 1. The van der Waals surface area contributed by atoms with Gasteiger partial charge in [0.2, 0.25) is 0 Å². The molecule has 0 bridgehead atoms. The number of fused-ring (bicyclic) bond motifs is 1. The first-order valence-electron chi connectivity index (χ1n) is 6.90. The number of aromatic amines is 1. The Hall–Kier alpha value is -2.21. The highest BCUT2D eigenvalue weighted by atomic mass is 32.1. The summed E-state index contributed by atoms with van der Waals surface area (Å²) in [5.41, 5.74) is 7.65. The Labute approximate surface area is 126 Å². The van der Waals surface area contributed by atoms with Gasteiger partial charge < -0.3 is 10.7 Å². The minimum absolute atomic E-state index is 0.368. The lowest BCUT2D eigenvalue weighted by Crippen LogP contribution is -2.11. The Balaban J connectivity index is 1.50. The smallest absolute Gasteiger partial charge is 0.268 e. The normalized spacial score (nSPS) is 11.0. The van der Waals surface area contributed by atoms with Crippen LogP contribution in [0, 0.1) is 0 Å². The average molecular weight is 300 g/mol. The zero-order valence-electron chi connectivity index (χ0n) is 11.5. The van der Waals surface area contributed by atoms with Crippen molar-refractivity contribution in [2.24, 2.45) is 5.73 Å². The Morgan fingerprint density at radius 3 is 2.76 bits per heavy atom. The maximum absolute atomic E-state index is 11.0. The van der Waals surface area contributed by atoms with Crippen molar-refractivity contribution in [3.8, 4) is 0 Å². The highest BCUT2D eigenvalue weighted by Crippen LogP contribution is 2.15. The molecule has 21 heavy (non-hydrogen) atoms. The third-order valence-electron chi connectivity index (χ3n) is 3.30. The first kappa shape index (κ1) is 13.8. The van der Waals surface area contributed by atoms with E-state index in [1.54, 1.807) is 5.38 Å². The average Bonchev–Trinajstić information content (AvgIpc) is 3.10. The first-order valence-corrected chi connectivity index (χ1v) is 7.78. The quantitative estimate of drug-likeness (QED) is 0.686. The fraction of sp³-hybridized carbons (Fsp3) is 0.267. The number of hydrogen-bond acceptors (Lipinski definition) is 4. The molecule has 6 heteroatoms. The molecule has 3 N–H and O–H groups in total. The number of carbonyl (C=O) groups is 1. The summed E-state index contributed by atoms with van der Waals surface area (Å²) in [6.45, 7) is 0. The lowest BCUT2D eigenvalue weighted by atomic mass is 10.2. The number of aryl methyl sites for hydroxylation is 2. The van der Waals surface area contributed by atoms with Crippen molar-refractivity contribution in [1.82, 2.24) is 15.0 Å². The van der Waals surface area contributed by atoms with E-state index in [2.05, 4.69) is 15.0 Å². The zero-order valence-corrected chi connectivity index (χ0v) is 12.3. The van der Waals surface area contributed by atoms with E-state index in [0.717, 1.165) is 47.5 Å². The monoisotopic (exact) mass is 300 g/mol. The molecule has 0 spiro atoms. The molecule has 0 aliphatic carbocycles. The second kappa shape index (κ2) is 6.05. The summed E-state index contributed by atoms with van der Waals surface area (Å²) in [4.78, 5) is 23.1. The number of unbranched alkanes of at least 4 members (excludes halogenated alkanes) is 1. The van der Waals surface area contributed by atoms with Crippen LogP contribution in [0.3, 0.4) is 0 Å². The van der Waals surface area contributed by atoms with E-state index in [1.807, 2.05) is 24.3 Å². The molecule has 0 saturated carbocycles. The van der Waals surface area contributed by atoms with Crippen molar-refractivity contribution in [2.75, 3.05) is 0 Å². The van der Waals surface area contributed by atoms with Gasteiger partial charge in [-0.15, -0.1) is 11.3 Å². The minimum atomic E-state index is -0.459. The third-order valence-corrected chi connectivity index (χ3v) is 4.21. The maximum Gasteiger partial charge on any atom is 0.268 e. The first-order chi connectivity index (χ1) is 10.2. The van der Waals surface area contributed by atoms with Gasteiger partial charge >= 0.3 is 0 Å². The summed E-state index contributed by atoms with van der Waals surface area (Å²) < 4.78 is 0. The molecule has 0 atom stereocenters. The largest absolute Gasteiger partial charge is 0.364 e. The van der Waals surface area contributed by atoms with Crippen molar-refractivity contribution in [3.63, 3.8) is 0 Å². The lowest BCUT2D eigenvalue weighted by Gasteiger charge is -1.96. The van der Waals surface area contributed by atoms with Crippen LogP contribution in [0.25, 0.3) is 11.0 Å². The van der Waals surface area contributed by atoms with Gasteiger partial charge in [-0.1, -0.05) is 12.1 Å². The van der Waals surface area contributed by atoms with Gasteiger partial charge in [0.25, 0.3) is 5.91 Å². The van der Waals surface area contributed by atoms with Crippen LogP contribution in [0.1, 0.15) is 34.2 Å². The van der Waals surface area contributed by atoms with Gasteiger partial charge in [-0.3, -0.25) is 4.79 Å². The Morgan fingerprint density at radius 2 is 2.00 bits per heavy atom.